The minimum absolute atomic E-state index is 0.135. The van der Waals surface area contributed by atoms with Crippen molar-refractivity contribution < 1.29 is 5.11 Å². The number of H-pyrrole nitrogens is 1. The number of halogens is 1. The van der Waals surface area contributed by atoms with Crippen LogP contribution in [0.5, 0.6) is 5.75 Å². The number of phenols is 1. The third kappa shape index (κ3) is 2.37. The van der Waals surface area contributed by atoms with Crippen LogP contribution in [-0.2, 0) is 0 Å². The molecule has 0 saturated carbocycles. The SMILES string of the molecule is Nc1nc(/N=C/c2cc(Br)ccc2O)n[nH]1. The van der Waals surface area contributed by atoms with Gasteiger partial charge in [0.15, 0.2) is 0 Å². The van der Waals surface area contributed by atoms with E-state index in [0.29, 0.717) is 5.56 Å². The average molecular weight is 282 g/mol. The van der Waals surface area contributed by atoms with Crippen molar-refractivity contribution in [2.45, 2.75) is 0 Å². The Morgan fingerprint density at radius 3 is 3.00 bits per heavy atom. The van der Waals surface area contributed by atoms with Crippen LogP contribution in [0.3, 0.4) is 0 Å². The predicted octanol–water partition coefficient (Wildman–Crippen LogP) is 1.61. The molecular formula is C9H8BrN5O. The maximum Gasteiger partial charge on any atom is 0.269 e. The number of nitrogen functional groups attached to an aromatic ring is 1. The van der Waals surface area contributed by atoms with Crippen molar-refractivity contribution in [1.29, 1.82) is 0 Å². The second-order valence-electron chi connectivity index (χ2n) is 2.98. The highest BCUT2D eigenvalue weighted by Crippen LogP contribution is 2.20. The van der Waals surface area contributed by atoms with E-state index in [0.717, 1.165) is 4.47 Å². The zero-order valence-electron chi connectivity index (χ0n) is 8.05. The molecule has 0 aliphatic carbocycles. The van der Waals surface area contributed by atoms with E-state index in [2.05, 4.69) is 36.1 Å². The first kappa shape index (κ1) is 10.6. The first-order valence-corrected chi connectivity index (χ1v) is 5.15. The van der Waals surface area contributed by atoms with Crippen molar-refractivity contribution in [3.05, 3.63) is 28.2 Å². The number of hydrogen-bond acceptors (Lipinski definition) is 5. The molecule has 1 aromatic heterocycles. The monoisotopic (exact) mass is 281 g/mol. The van der Waals surface area contributed by atoms with Crippen molar-refractivity contribution >= 4 is 34.0 Å². The topological polar surface area (TPSA) is 100 Å². The second-order valence-corrected chi connectivity index (χ2v) is 3.90. The van der Waals surface area contributed by atoms with Gasteiger partial charge in [-0.25, -0.2) is 10.1 Å². The molecule has 2 aromatic rings. The van der Waals surface area contributed by atoms with Crippen LogP contribution >= 0.6 is 15.9 Å². The summed E-state index contributed by atoms with van der Waals surface area (Å²) in [6.07, 6.45) is 1.46. The van der Waals surface area contributed by atoms with E-state index in [1.54, 1.807) is 18.2 Å². The number of aliphatic imine (C=N–C) groups is 1. The highest BCUT2D eigenvalue weighted by molar-refractivity contribution is 9.10. The van der Waals surface area contributed by atoms with Crippen LogP contribution in [0.15, 0.2) is 27.7 Å². The second kappa shape index (κ2) is 4.31. The van der Waals surface area contributed by atoms with Crippen molar-refractivity contribution in [3.63, 3.8) is 0 Å². The van der Waals surface area contributed by atoms with Crippen LogP contribution in [0.25, 0.3) is 0 Å². The van der Waals surface area contributed by atoms with Gasteiger partial charge in [-0.05, 0) is 18.2 Å². The molecule has 82 valence electrons. The van der Waals surface area contributed by atoms with Gasteiger partial charge in [-0.15, -0.1) is 5.10 Å². The Labute approximate surface area is 99.4 Å². The number of hydrogen-bond donors (Lipinski definition) is 3. The van der Waals surface area contributed by atoms with E-state index in [1.165, 1.54) is 6.21 Å². The minimum Gasteiger partial charge on any atom is -0.507 e. The van der Waals surface area contributed by atoms with Gasteiger partial charge in [0.1, 0.15) is 5.75 Å². The Bertz CT molecular complexity index is 536. The summed E-state index contributed by atoms with van der Waals surface area (Å²) in [5.74, 6) is 0.554. The maximum absolute atomic E-state index is 9.53. The summed E-state index contributed by atoms with van der Waals surface area (Å²) < 4.78 is 0.848. The van der Waals surface area contributed by atoms with E-state index >= 15 is 0 Å². The number of rotatable bonds is 2. The number of aromatic amines is 1. The molecule has 16 heavy (non-hydrogen) atoms. The summed E-state index contributed by atoms with van der Waals surface area (Å²) in [5.41, 5.74) is 5.91. The van der Waals surface area contributed by atoms with Gasteiger partial charge in [0.2, 0.25) is 5.95 Å². The van der Waals surface area contributed by atoms with Gasteiger partial charge in [0, 0.05) is 16.3 Å². The maximum atomic E-state index is 9.53. The lowest BCUT2D eigenvalue weighted by Crippen LogP contribution is -1.85. The first-order chi connectivity index (χ1) is 7.65. The molecule has 0 aliphatic rings. The fourth-order valence-electron chi connectivity index (χ4n) is 1.08. The molecule has 7 heteroatoms. The Balaban J connectivity index is 2.26. The molecule has 0 amide bonds. The molecule has 1 heterocycles. The quantitative estimate of drug-likeness (QED) is 0.728. The third-order valence-corrected chi connectivity index (χ3v) is 2.29. The number of benzene rings is 1. The molecule has 2 rings (SSSR count). The molecule has 0 fully saturated rings. The van der Waals surface area contributed by atoms with Gasteiger partial charge in [0.25, 0.3) is 5.95 Å². The van der Waals surface area contributed by atoms with Crippen LogP contribution < -0.4 is 5.73 Å². The third-order valence-electron chi connectivity index (χ3n) is 1.80. The van der Waals surface area contributed by atoms with Gasteiger partial charge in [-0.3, -0.25) is 0 Å². The van der Waals surface area contributed by atoms with Gasteiger partial charge in [0.05, 0.1) is 0 Å². The van der Waals surface area contributed by atoms with Crippen LogP contribution in [-0.4, -0.2) is 26.5 Å². The molecule has 0 atom stereocenters. The van der Waals surface area contributed by atoms with E-state index in [4.69, 9.17) is 5.73 Å². The van der Waals surface area contributed by atoms with E-state index in [1.807, 2.05) is 0 Å². The number of phenolic OH excluding ortho intramolecular Hbond substituents is 1. The Hall–Kier alpha value is -1.89. The van der Waals surface area contributed by atoms with Crippen LogP contribution in [0, 0.1) is 0 Å². The largest absolute Gasteiger partial charge is 0.507 e. The number of nitrogens with one attached hydrogen (secondary N) is 1. The summed E-state index contributed by atoms with van der Waals surface area (Å²) in [7, 11) is 0. The fourth-order valence-corrected chi connectivity index (χ4v) is 1.46. The number of nitrogens with zero attached hydrogens (tertiary/aromatic N) is 3. The van der Waals surface area contributed by atoms with Gasteiger partial charge in [-0.2, -0.15) is 4.98 Å². The van der Waals surface area contributed by atoms with Crippen molar-refractivity contribution in [2.75, 3.05) is 5.73 Å². The van der Waals surface area contributed by atoms with Crippen molar-refractivity contribution in [1.82, 2.24) is 15.2 Å². The summed E-state index contributed by atoms with van der Waals surface area (Å²) in [6.45, 7) is 0. The Morgan fingerprint density at radius 2 is 2.31 bits per heavy atom. The number of aromatic nitrogens is 3. The van der Waals surface area contributed by atoms with Crippen molar-refractivity contribution in [3.8, 4) is 5.75 Å². The molecule has 0 saturated heterocycles. The lowest BCUT2D eigenvalue weighted by molar-refractivity contribution is 0.474. The summed E-state index contributed by atoms with van der Waals surface area (Å²) in [5, 5.41) is 15.7. The van der Waals surface area contributed by atoms with Crippen LogP contribution in [0.2, 0.25) is 0 Å². The molecule has 0 radical (unpaired) electrons. The highest BCUT2D eigenvalue weighted by atomic mass is 79.9. The van der Waals surface area contributed by atoms with Crippen molar-refractivity contribution in [2.24, 2.45) is 4.99 Å². The molecule has 6 nitrogen and oxygen atoms in total. The zero-order valence-corrected chi connectivity index (χ0v) is 9.64. The summed E-state index contributed by atoms with van der Waals surface area (Å²) in [6, 6.07) is 5.03. The van der Waals surface area contributed by atoms with E-state index in [-0.39, 0.29) is 17.6 Å². The normalized spacial score (nSPS) is 11.1. The van der Waals surface area contributed by atoms with Gasteiger partial charge >= 0.3 is 0 Å². The van der Waals surface area contributed by atoms with Crippen LogP contribution in [0.4, 0.5) is 11.9 Å². The summed E-state index contributed by atoms with van der Waals surface area (Å²) >= 11 is 3.30. The van der Waals surface area contributed by atoms with Gasteiger partial charge in [-0.1, -0.05) is 15.9 Å². The minimum atomic E-state index is 0.135. The lowest BCUT2D eigenvalue weighted by Gasteiger charge is -1.97. The van der Waals surface area contributed by atoms with E-state index in [9.17, 15) is 5.11 Å². The molecule has 1 aromatic carbocycles. The van der Waals surface area contributed by atoms with Gasteiger partial charge < -0.3 is 10.8 Å². The molecular weight excluding hydrogens is 274 g/mol. The molecule has 0 bridgehead atoms. The fraction of sp³-hybridized carbons (Fsp3) is 0. The average Bonchev–Trinajstić information content (AvgIpc) is 2.66. The zero-order chi connectivity index (χ0) is 11.5. The number of nitrogens with two attached hydrogens (primary N) is 1. The molecule has 0 unspecified atom stereocenters. The Morgan fingerprint density at radius 1 is 1.50 bits per heavy atom. The summed E-state index contributed by atoms with van der Waals surface area (Å²) in [4.78, 5) is 7.76. The Kier molecular flexibility index (Phi) is 2.86. The number of anilines is 1. The molecule has 0 aliphatic heterocycles. The number of aromatic hydroxyl groups is 1. The first-order valence-electron chi connectivity index (χ1n) is 4.35. The molecule has 4 N–H and O–H groups in total. The van der Waals surface area contributed by atoms with Crippen LogP contribution in [0.1, 0.15) is 5.56 Å². The lowest BCUT2D eigenvalue weighted by atomic mass is 10.2. The van der Waals surface area contributed by atoms with E-state index < -0.39 is 0 Å². The standard InChI is InChI=1S/C9H8BrN5O/c10-6-1-2-7(16)5(3-6)4-12-9-13-8(11)14-15-9/h1-4,16H,(H3,11,13,14,15)/b12-4+. The predicted molar refractivity (Wildman–Crippen MR) is 63.9 cm³/mol. The highest BCUT2D eigenvalue weighted by Gasteiger charge is 2.00. The molecule has 0 spiro atoms. The smallest absolute Gasteiger partial charge is 0.269 e.